The summed E-state index contributed by atoms with van der Waals surface area (Å²) >= 11 is 0. The summed E-state index contributed by atoms with van der Waals surface area (Å²) in [5, 5.41) is 12.4. The lowest BCUT2D eigenvalue weighted by Gasteiger charge is -2.23. The van der Waals surface area contributed by atoms with Crippen LogP contribution >= 0.6 is 0 Å². The zero-order valence-electron chi connectivity index (χ0n) is 11.9. The van der Waals surface area contributed by atoms with E-state index in [1.807, 2.05) is 6.08 Å². The first kappa shape index (κ1) is 14.9. The van der Waals surface area contributed by atoms with Crippen LogP contribution < -0.4 is 5.32 Å². The minimum atomic E-state index is -0.735. The molecule has 5 heteroatoms. The number of carboxylic acid groups (broad SMARTS) is 1. The third-order valence-corrected chi connectivity index (χ3v) is 4.70. The van der Waals surface area contributed by atoms with Crippen molar-refractivity contribution in [3.63, 3.8) is 0 Å². The van der Waals surface area contributed by atoms with Crippen LogP contribution in [0.2, 0.25) is 0 Å². The van der Waals surface area contributed by atoms with Gasteiger partial charge in [0, 0.05) is 19.6 Å². The Morgan fingerprint density at radius 2 is 2.25 bits per heavy atom. The zero-order valence-corrected chi connectivity index (χ0v) is 11.9. The first-order valence-corrected chi connectivity index (χ1v) is 7.47. The Balaban J connectivity index is 1.81. The number of unbranched alkanes of at least 4 members (excludes halogenated alkanes) is 2. The lowest BCUT2D eigenvalue weighted by molar-refractivity contribution is -0.149. The number of hydrogen-bond donors (Lipinski definition) is 2. The molecule has 2 atom stereocenters. The van der Waals surface area contributed by atoms with Crippen LogP contribution in [0.4, 0.5) is 4.79 Å². The molecule has 1 aliphatic heterocycles. The molecule has 0 unspecified atom stereocenters. The summed E-state index contributed by atoms with van der Waals surface area (Å²) in [6.45, 7) is 5.26. The van der Waals surface area contributed by atoms with E-state index < -0.39 is 11.4 Å². The Bertz CT molecular complexity index is 397. The van der Waals surface area contributed by atoms with Crippen LogP contribution in [-0.4, -0.2) is 41.6 Å². The fourth-order valence-corrected chi connectivity index (χ4v) is 3.51. The fourth-order valence-electron chi connectivity index (χ4n) is 3.51. The highest BCUT2D eigenvalue weighted by Crippen LogP contribution is 2.48. The van der Waals surface area contributed by atoms with Gasteiger partial charge in [0.1, 0.15) is 0 Å². The smallest absolute Gasteiger partial charge is 0.317 e. The second kappa shape index (κ2) is 6.29. The molecule has 0 radical (unpaired) electrons. The second-order valence-corrected chi connectivity index (χ2v) is 5.95. The van der Waals surface area contributed by atoms with E-state index in [9.17, 15) is 14.7 Å². The van der Waals surface area contributed by atoms with Gasteiger partial charge >= 0.3 is 12.0 Å². The maximum Gasteiger partial charge on any atom is 0.317 e. The average Bonchev–Trinajstić information content (AvgIpc) is 2.95. The van der Waals surface area contributed by atoms with Crippen molar-refractivity contribution in [2.45, 2.75) is 38.5 Å². The second-order valence-electron chi connectivity index (χ2n) is 5.95. The van der Waals surface area contributed by atoms with Crippen LogP contribution in [0.1, 0.15) is 38.5 Å². The van der Waals surface area contributed by atoms with Gasteiger partial charge in [-0.3, -0.25) is 4.79 Å². The number of carbonyl (C=O) groups is 2. The van der Waals surface area contributed by atoms with Crippen LogP contribution in [0, 0.1) is 11.3 Å². The number of urea groups is 1. The minimum absolute atomic E-state index is 0.112. The molecule has 0 bridgehead atoms. The number of nitrogens with one attached hydrogen (secondary N) is 1. The van der Waals surface area contributed by atoms with Crippen LogP contribution in [0.15, 0.2) is 12.7 Å². The number of aliphatic carboxylic acids is 1. The Hall–Kier alpha value is -1.52. The number of carbonyl (C=O) groups excluding carboxylic acids is 1. The van der Waals surface area contributed by atoms with Gasteiger partial charge in [-0.1, -0.05) is 12.5 Å². The van der Waals surface area contributed by atoms with Gasteiger partial charge in [-0.25, -0.2) is 4.79 Å². The standard InChI is InChI=1S/C15H24N2O3/c1-2-3-4-5-9-16-14(20)17-10-12-7-6-8-15(12,11-17)13(18)19/h2,12H,1,3-11H2,(H,16,20)(H,18,19)/t12-,15+/m0/s1. The normalized spacial score (nSPS) is 28.2. The number of nitrogens with zero attached hydrogens (tertiary/aromatic N) is 1. The number of fused-ring (bicyclic) bond motifs is 1. The van der Waals surface area contributed by atoms with E-state index in [-0.39, 0.29) is 11.9 Å². The summed E-state index contributed by atoms with van der Waals surface area (Å²) in [6, 6.07) is -0.112. The van der Waals surface area contributed by atoms with E-state index in [0.717, 1.165) is 32.1 Å². The molecule has 2 N–H and O–H groups in total. The number of hydrogen-bond acceptors (Lipinski definition) is 2. The first-order chi connectivity index (χ1) is 9.60. The van der Waals surface area contributed by atoms with Crippen LogP contribution in [0.5, 0.6) is 0 Å². The fraction of sp³-hybridized carbons (Fsp3) is 0.733. The summed E-state index contributed by atoms with van der Waals surface area (Å²) in [7, 11) is 0. The summed E-state index contributed by atoms with van der Waals surface area (Å²) < 4.78 is 0. The minimum Gasteiger partial charge on any atom is -0.481 e. The Labute approximate surface area is 120 Å². The van der Waals surface area contributed by atoms with Crippen molar-refractivity contribution in [2.75, 3.05) is 19.6 Å². The van der Waals surface area contributed by atoms with Crippen LogP contribution in [-0.2, 0) is 4.79 Å². The molecule has 2 fully saturated rings. The Morgan fingerprint density at radius 1 is 1.45 bits per heavy atom. The van der Waals surface area contributed by atoms with E-state index in [0.29, 0.717) is 26.1 Å². The summed E-state index contributed by atoms with van der Waals surface area (Å²) in [5.74, 6) is -0.604. The molecule has 0 spiro atoms. The van der Waals surface area contributed by atoms with Crippen molar-refractivity contribution in [3.05, 3.63) is 12.7 Å². The van der Waals surface area contributed by atoms with Gasteiger partial charge in [0.15, 0.2) is 0 Å². The van der Waals surface area contributed by atoms with E-state index in [4.69, 9.17) is 0 Å². The lowest BCUT2D eigenvalue weighted by atomic mass is 9.81. The highest BCUT2D eigenvalue weighted by molar-refractivity contribution is 5.80. The number of amides is 2. The van der Waals surface area contributed by atoms with Gasteiger partial charge in [0.2, 0.25) is 0 Å². The third kappa shape index (κ3) is 2.81. The molecule has 2 aliphatic rings. The van der Waals surface area contributed by atoms with Crippen molar-refractivity contribution < 1.29 is 14.7 Å². The molecule has 2 rings (SSSR count). The number of allylic oxidation sites excluding steroid dienone is 1. The number of rotatable bonds is 6. The summed E-state index contributed by atoms with van der Waals surface area (Å²) in [6.07, 6.45) is 7.38. The van der Waals surface area contributed by atoms with Crippen molar-refractivity contribution in [1.29, 1.82) is 0 Å². The molecule has 20 heavy (non-hydrogen) atoms. The molecule has 0 aromatic heterocycles. The number of likely N-dealkylation sites (tertiary alicyclic amines) is 1. The van der Waals surface area contributed by atoms with Gasteiger partial charge in [-0.05, 0) is 38.0 Å². The van der Waals surface area contributed by atoms with Gasteiger partial charge in [0.25, 0.3) is 0 Å². The van der Waals surface area contributed by atoms with Gasteiger partial charge in [-0.2, -0.15) is 0 Å². The predicted octanol–water partition coefficient (Wildman–Crippen LogP) is 2.24. The molecular weight excluding hydrogens is 256 g/mol. The molecule has 1 saturated heterocycles. The quantitative estimate of drug-likeness (QED) is 0.579. The van der Waals surface area contributed by atoms with Gasteiger partial charge < -0.3 is 15.3 Å². The maximum absolute atomic E-state index is 12.1. The van der Waals surface area contributed by atoms with E-state index in [2.05, 4.69) is 11.9 Å². The first-order valence-electron chi connectivity index (χ1n) is 7.47. The molecular formula is C15H24N2O3. The highest BCUT2D eigenvalue weighted by Gasteiger charge is 2.55. The molecule has 1 aliphatic carbocycles. The molecule has 0 aromatic carbocycles. The Morgan fingerprint density at radius 3 is 2.90 bits per heavy atom. The Kier molecular flexibility index (Phi) is 4.68. The number of carboxylic acids is 1. The van der Waals surface area contributed by atoms with Gasteiger partial charge in [-0.15, -0.1) is 6.58 Å². The van der Waals surface area contributed by atoms with Crippen LogP contribution in [0.3, 0.4) is 0 Å². The predicted molar refractivity (Wildman–Crippen MR) is 76.4 cm³/mol. The lowest BCUT2D eigenvalue weighted by Crippen LogP contribution is -2.41. The monoisotopic (exact) mass is 280 g/mol. The van der Waals surface area contributed by atoms with E-state index in [1.54, 1.807) is 4.90 Å². The van der Waals surface area contributed by atoms with Crippen molar-refractivity contribution in [2.24, 2.45) is 11.3 Å². The summed E-state index contributed by atoms with van der Waals surface area (Å²) in [4.78, 5) is 25.3. The zero-order chi connectivity index (χ0) is 14.6. The molecule has 1 saturated carbocycles. The van der Waals surface area contributed by atoms with Crippen molar-refractivity contribution >= 4 is 12.0 Å². The van der Waals surface area contributed by atoms with Crippen molar-refractivity contribution in [3.8, 4) is 0 Å². The highest BCUT2D eigenvalue weighted by atomic mass is 16.4. The van der Waals surface area contributed by atoms with E-state index in [1.165, 1.54) is 0 Å². The maximum atomic E-state index is 12.1. The van der Waals surface area contributed by atoms with Gasteiger partial charge in [0.05, 0.1) is 5.41 Å². The largest absolute Gasteiger partial charge is 0.481 e. The van der Waals surface area contributed by atoms with Crippen molar-refractivity contribution in [1.82, 2.24) is 10.2 Å². The molecule has 112 valence electrons. The summed E-state index contributed by atoms with van der Waals surface area (Å²) in [5.41, 5.74) is -0.680. The molecule has 5 nitrogen and oxygen atoms in total. The van der Waals surface area contributed by atoms with Crippen LogP contribution in [0.25, 0.3) is 0 Å². The third-order valence-electron chi connectivity index (χ3n) is 4.70. The topological polar surface area (TPSA) is 69.6 Å². The molecule has 2 amide bonds. The SMILES string of the molecule is C=CCCCCNC(=O)N1C[C@@H]2CCC[C@@]2(C(=O)O)C1. The molecule has 1 heterocycles. The van der Waals surface area contributed by atoms with E-state index >= 15 is 0 Å². The molecule has 0 aromatic rings. The average molecular weight is 280 g/mol.